The van der Waals surface area contributed by atoms with Crippen LogP contribution in [0.3, 0.4) is 0 Å². The monoisotopic (exact) mass is 287 g/mol. The first-order chi connectivity index (χ1) is 10.2. The van der Waals surface area contributed by atoms with Gasteiger partial charge in [-0.05, 0) is 49.1 Å². The molecule has 4 nitrogen and oxygen atoms in total. The van der Waals surface area contributed by atoms with Crippen LogP contribution in [-0.4, -0.2) is 11.7 Å². The van der Waals surface area contributed by atoms with Crippen LogP contribution in [0.25, 0.3) is 11.0 Å². The highest BCUT2D eigenvalue weighted by Crippen LogP contribution is 2.32. The number of phenolic OH excluding ortho intramolecular Hbond substituents is 1. The summed E-state index contributed by atoms with van der Waals surface area (Å²) in [6.45, 7) is 3.51. The molecule has 112 valence electrons. The van der Waals surface area contributed by atoms with Gasteiger partial charge < -0.3 is 14.8 Å². The van der Waals surface area contributed by atoms with Gasteiger partial charge in [0.2, 0.25) is 0 Å². The van der Waals surface area contributed by atoms with Crippen molar-refractivity contribution in [2.24, 2.45) is 0 Å². The number of aryl methyl sites for hydroxylation is 1. The summed E-state index contributed by atoms with van der Waals surface area (Å²) in [7, 11) is 0. The van der Waals surface area contributed by atoms with Crippen molar-refractivity contribution in [1.82, 2.24) is 5.32 Å². The molecule has 2 aromatic rings. The summed E-state index contributed by atoms with van der Waals surface area (Å²) in [6, 6.07) is 3.73. The maximum Gasteiger partial charge on any atom is 0.341 e. The molecule has 2 N–H and O–H groups in total. The number of fused-ring (bicyclic) bond motifs is 3. The molecule has 0 atom stereocenters. The molecule has 1 aliphatic rings. The van der Waals surface area contributed by atoms with Crippen LogP contribution in [0.4, 0.5) is 0 Å². The van der Waals surface area contributed by atoms with Gasteiger partial charge in [0.25, 0.3) is 0 Å². The third-order valence-electron chi connectivity index (χ3n) is 4.18. The second kappa shape index (κ2) is 5.90. The van der Waals surface area contributed by atoms with Crippen molar-refractivity contribution in [2.75, 3.05) is 6.54 Å². The van der Waals surface area contributed by atoms with Crippen LogP contribution >= 0.6 is 0 Å². The SMILES string of the molecule is CCCCCc1cc(O)c2c3c(c(=O)oc2c1)CNCC3. The van der Waals surface area contributed by atoms with Gasteiger partial charge in [-0.3, -0.25) is 0 Å². The molecular formula is C17H21NO3. The lowest BCUT2D eigenvalue weighted by molar-refractivity contribution is 0.474. The Bertz CT molecular complexity index is 718. The lowest BCUT2D eigenvalue weighted by Gasteiger charge is -2.18. The minimum atomic E-state index is -0.283. The van der Waals surface area contributed by atoms with Gasteiger partial charge in [0.15, 0.2) is 0 Å². The summed E-state index contributed by atoms with van der Waals surface area (Å²) in [4.78, 5) is 12.1. The largest absolute Gasteiger partial charge is 0.507 e. The third kappa shape index (κ3) is 2.68. The van der Waals surface area contributed by atoms with E-state index in [0.29, 0.717) is 23.1 Å². The highest BCUT2D eigenvalue weighted by Gasteiger charge is 2.20. The first-order valence-corrected chi connectivity index (χ1v) is 7.72. The van der Waals surface area contributed by atoms with Crippen molar-refractivity contribution in [1.29, 1.82) is 0 Å². The minimum Gasteiger partial charge on any atom is -0.507 e. The van der Waals surface area contributed by atoms with Crippen LogP contribution in [0.5, 0.6) is 5.75 Å². The molecule has 0 saturated heterocycles. The molecule has 0 amide bonds. The van der Waals surface area contributed by atoms with Crippen LogP contribution < -0.4 is 10.9 Å². The predicted octanol–water partition coefficient (Wildman–Crippen LogP) is 2.88. The van der Waals surface area contributed by atoms with E-state index in [2.05, 4.69) is 12.2 Å². The molecule has 3 rings (SSSR count). The van der Waals surface area contributed by atoms with Gasteiger partial charge in [0, 0.05) is 6.54 Å². The Kier molecular flexibility index (Phi) is 3.97. The molecule has 0 spiro atoms. The van der Waals surface area contributed by atoms with E-state index in [1.54, 1.807) is 0 Å². The quantitative estimate of drug-likeness (QED) is 0.670. The van der Waals surface area contributed by atoms with Gasteiger partial charge in [-0.2, -0.15) is 0 Å². The topological polar surface area (TPSA) is 62.5 Å². The highest BCUT2D eigenvalue weighted by atomic mass is 16.4. The Morgan fingerprint density at radius 1 is 1.29 bits per heavy atom. The molecule has 0 radical (unpaired) electrons. The molecular weight excluding hydrogens is 266 g/mol. The van der Waals surface area contributed by atoms with E-state index in [4.69, 9.17) is 4.42 Å². The van der Waals surface area contributed by atoms with E-state index in [1.165, 1.54) is 6.42 Å². The summed E-state index contributed by atoms with van der Waals surface area (Å²) >= 11 is 0. The number of phenols is 1. The van der Waals surface area contributed by atoms with Crippen LogP contribution in [0, 0.1) is 0 Å². The van der Waals surface area contributed by atoms with E-state index in [0.717, 1.165) is 43.4 Å². The number of rotatable bonds is 4. The van der Waals surface area contributed by atoms with Gasteiger partial charge in [-0.1, -0.05) is 19.8 Å². The van der Waals surface area contributed by atoms with E-state index in [1.807, 2.05) is 12.1 Å². The third-order valence-corrected chi connectivity index (χ3v) is 4.18. The van der Waals surface area contributed by atoms with E-state index in [-0.39, 0.29) is 11.4 Å². The summed E-state index contributed by atoms with van der Waals surface area (Å²) < 4.78 is 5.43. The molecule has 4 heteroatoms. The zero-order valence-electron chi connectivity index (χ0n) is 12.4. The van der Waals surface area contributed by atoms with Gasteiger partial charge in [-0.15, -0.1) is 0 Å². The standard InChI is InChI=1S/C17H21NO3/c1-2-3-4-5-11-8-14(19)16-12-6-7-18-10-13(12)17(20)21-15(16)9-11/h8-9,18-19H,2-7,10H2,1H3. The highest BCUT2D eigenvalue weighted by molar-refractivity contribution is 5.88. The molecule has 2 heterocycles. The minimum absolute atomic E-state index is 0.237. The number of hydrogen-bond donors (Lipinski definition) is 2. The fourth-order valence-electron chi connectivity index (χ4n) is 3.08. The van der Waals surface area contributed by atoms with Gasteiger partial charge >= 0.3 is 5.63 Å². The maximum atomic E-state index is 12.1. The zero-order valence-corrected chi connectivity index (χ0v) is 12.4. The number of nitrogens with one attached hydrogen (secondary N) is 1. The van der Waals surface area contributed by atoms with Crippen molar-refractivity contribution in [3.05, 3.63) is 39.2 Å². The number of aromatic hydroxyl groups is 1. The Hall–Kier alpha value is -1.81. The normalized spacial score (nSPS) is 14.3. The molecule has 0 aliphatic carbocycles. The van der Waals surface area contributed by atoms with Gasteiger partial charge in [-0.25, -0.2) is 4.79 Å². The second-order valence-corrected chi connectivity index (χ2v) is 5.72. The van der Waals surface area contributed by atoms with Crippen molar-refractivity contribution in [3.8, 4) is 5.75 Å². The number of unbranched alkanes of at least 4 members (excludes halogenated alkanes) is 2. The first kappa shape index (κ1) is 14.1. The lowest BCUT2D eigenvalue weighted by Crippen LogP contribution is -2.29. The first-order valence-electron chi connectivity index (χ1n) is 7.72. The predicted molar refractivity (Wildman–Crippen MR) is 82.8 cm³/mol. The van der Waals surface area contributed by atoms with Crippen LogP contribution in [0.1, 0.15) is 42.9 Å². The maximum absolute atomic E-state index is 12.1. The fourth-order valence-corrected chi connectivity index (χ4v) is 3.08. The molecule has 1 aromatic carbocycles. The molecule has 0 bridgehead atoms. The lowest BCUT2D eigenvalue weighted by atomic mass is 9.96. The molecule has 0 saturated carbocycles. The van der Waals surface area contributed by atoms with Gasteiger partial charge in [0.05, 0.1) is 10.9 Å². The van der Waals surface area contributed by atoms with Crippen molar-refractivity contribution < 1.29 is 9.52 Å². The smallest absolute Gasteiger partial charge is 0.341 e. The van der Waals surface area contributed by atoms with E-state index in [9.17, 15) is 9.90 Å². The Morgan fingerprint density at radius 3 is 2.95 bits per heavy atom. The fraction of sp³-hybridized carbons (Fsp3) is 0.471. The Balaban J connectivity index is 2.09. The van der Waals surface area contributed by atoms with E-state index >= 15 is 0 Å². The molecule has 1 aliphatic heterocycles. The van der Waals surface area contributed by atoms with Crippen molar-refractivity contribution >= 4 is 11.0 Å². The Labute approximate surface area is 123 Å². The molecule has 0 fully saturated rings. The van der Waals surface area contributed by atoms with E-state index < -0.39 is 0 Å². The summed E-state index contributed by atoms with van der Waals surface area (Å²) in [6.07, 6.45) is 5.06. The summed E-state index contributed by atoms with van der Waals surface area (Å²) in [5, 5.41) is 14.3. The number of benzene rings is 1. The molecule has 0 unspecified atom stereocenters. The summed E-state index contributed by atoms with van der Waals surface area (Å²) in [5.74, 6) is 0.237. The van der Waals surface area contributed by atoms with Crippen LogP contribution in [0.15, 0.2) is 21.3 Å². The van der Waals surface area contributed by atoms with Crippen molar-refractivity contribution in [2.45, 2.75) is 45.6 Å². The zero-order chi connectivity index (χ0) is 14.8. The number of hydrogen-bond acceptors (Lipinski definition) is 4. The Morgan fingerprint density at radius 2 is 2.14 bits per heavy atom. The van der Waals surface area contributed by atoms with Crippen LogP contribution in [0.2, 0.25) is 0 Å². The summed E-state index contributed by atoms with van der Waals surface area (Å²) in [5.41, 5.74) is 2.87. The van der Waals surface area contributed by atoms with Crippen LogP contribution in [-0.2, 0) is 19.4 Å². The second-order valence-electron chi connectivity index (χ2n) is 5.72. The average Bonchev–Trinajstić information content (AvgIpc) is 2.47. The molecule has 21 heavy (non-hydrogen) atoms. The molecule has 1 aromatic heterocycles. The van der Waals surface area contributed by atoms with Gasteiger partial charge in [0.1, 0.15) is 11.3 Å². The average molecular weight is 287 g/mol. The van der Waals surface area contributed by atoms with Crippen molar-refractivity contribution in [3.63, 3.8) is 0 Å².